The van der Waals surface area contributed by atoms with Crippen LogP contribution in [0.1, 0.15) is 102 Å². The van der Waals surface area contributed by atoms with Crippen LogP contribution >= 0.6 is 11.8 Å². The van der Waals surface area contributed by atoms with Crippen molar-refractivity contribution >= 4 is 41.1 Å². The number of phenols is 1. The maximum Gasteiger partial charge on any atom is 0.245 e. The number of phenolic OH excluding ortho intramolecular Hbond substituents is 1. The number of para-hydroxylation sites is 2. The van der Waals surface area contributed by atoms with E-state index in [0.29, 0.717) is 18.8 Å². The smallest absolute Gasteiger partial charge is 0.245 e. The summed E-state index contributed by atoms with van der Waals surface area (Å²) in [5.41, 5.74) is 0.477. The summed E-state index contributed by atoms with van der Waals surface area (Å²) in [6.45, 7) is 23.2. The number of ether oxygens (including phenoxy) is 1. The van der Waals surface area contributed by atoms with Gasteiger partial charge in [0.15, 0.2) is 0 Å². The van der Waals surface area contributed by atoms with Gasteiger partial charge in [0, 0.05) is 49.2 Å². The Bertz CT molecular complexity index is 1370. The van der Waals surface area contributed by atoms with Gasteiger partial charge in [-0.15, -0.1) is 11.8 Å². The van der Waals surface area contributed by atoms with E-state index in [1.807, 2.05) is 71.5 Å². The number of likely N-dealkylation sites (tertiary alicyclic amines) is 1. The van der Waals surface area contributed by atoms with Gasteiger partial charge in [-0.1, -0.05) is 87.8 Å². The Balaban J connectivity index is 2.43. The van der Waals surface area contributed by atoms with E-state index in [4.69, 9.17) is 4.74 Å². The maximum atomic E-state index is 14.5. The molecule has 8 unspecified atom stereocenters. The molecule has 1 aliphatic rings. The lowest BCUT2D eigenvalue weighted by Gasteiger charge is -2.42. The number of hydrogen-bond donors (Lipinski definition) is 2. The summed E-state index contributed by atoms with van der Waals surface area (Å²) in [5, 5.41) is 13.5. The molecule has 1 fully saturated rings. The minimum Gasteiger partial charge on any atom is -0.506 e. The average Bonchev–Trinajstić information content (AvgIpc) is 3.58. The summed E-state index contributed by atoms with van der Waals surface area (Å²) >= 11 is 1.72. The van der Waals surface area contributed by atoms with Crippen LogP contribution in [-0.2, 0) is 23.9 Å². The van der Waals surface area contributed by atoms with Crippen molar-refractivity contribution in [1.29, 1.82) is 0 Å². The molecule has 2 rings (SSSR count). The Hall–Kier alpha value is -2.83. The average molecular weight is 776 g/mol. The van der Waals surface area contributed by atoms with Crippen LogP contribution < -0.4 is 10.2 Å². The zero-order valence-electron chi connectivity index (χ0n) is 36.0. The standard InChI is InChI=1S/C42H73N5O6S/c1-16-28(7)37(45(14)41(52)35(26(3)4)43-39(50)36(27(5)6)44(12)13)33(53-15)25-34(49)47-24-20-22-31(47)38(54-42(9,10)11)29(8)40(51)46(17-2)30-21-18-19-23-32(30)48/h18-19,21,23,26-29,31,33,35-38,48H,16-17,20,22,24-25H2,1-15H3,(H,43,50). The van der Waals surface area contributed by atoms with Gasteiger partial charge in [0.25, 0.3) is 0 Å². The molecular weight excluding hydrogens is 703 g/mol. The monoisotopic (exact) mass is 776 g/mol. The number of hydrogen-bond acceptors (Lipinski definition) is 8. The Labute approximate surface area is 331 Å². The van der Waals surface area contributed by atoms with E-state index in [0.717, 1.165) is 19.3 Å². The molecule has 54 heavy (non-hydrogen) atoms. The molecule has 1 aromatic rings. The van der Waals surface area contributed by atoms with Crippen LogP contribution in [0.4, 0.5) is 5.69 Å². The molecule has 0 bridgehead atoms. The fraction of sp³-hybridized carbons (Fsp3) is 0.762. The molecule has 0 spiro atoms. The molecular formula is C42H73N5O6S. The van der Waals surface area contributed by atoms with E-state index >= 15 is 0 Å². The third-order valence-electron chi connectivity index (χ3n) is 10.9. The first-order valence-corrected chi connectivity index (χ1v) is 20.8. The number of nitrogens with zero attached hydrogens (tertiary/aromatic N) is 4. The highest BCUT2D eigenvalue weighted by Crippen LogP contribution is 2.41. The minimum absolute atomic E-state index is 0.00366. The second-order valence-corrected chi connectivity index (χ2v) is 19.0. The van der Waals surface area contributed by atoms with Crippen molar-refractivity contribution < 1.29 is 29.0 Å². The Morgan fingerprint density at radius 3 is 2.07 bits per heavy atom. The van der Waals surface area contributed by atoms with Gasteiger partial charge in [-0.25, -0.2) is 0 Å². The number of benzene rings is 1. The number of carbonyl (C=O) groups is 4. The van der Waals surface area contributed by atoms with Crippen molar-refractivity contribution in [1.82, 2.24) is 20.0 Å². The number of rotatable bonds is 19. The Kier molecular flexibility index (Phi) is 18.3. The van der Waals surface area contributed by atoms with Crippen LogP contribution in [-0.4, -0.2) is 125 Å². The first kappa shape index (κ1) is 47.3. The van der Waals surface area contributed by atoms with Gasteiger partial charge in [0.1, 0.15) is 11.8 Å². The van der Waals surface area contributed by atoms with Crippen molar-refractivity contribution in [3.63, 3.8) is 0 Å². The number of carbonyl (C=O) groups excluding carboxylic acids is 4. The van der Waals surface area contributed by atoms with Gasteiger partial charge < -0.3 is 29.9 Å². The van der Waals surface area contributed by atoms with E-state index < -0.39 is 24.1 Å². The lowest BCUT2D eigenvalue weighted by Crippen LogP contribution is -2.59. The predicted molar refractivity (Wildman–Crippen MR) is 222 cm³/mol. The molecule has 1 aromatic carbocycles. The first-order chi connectivity index (χ1) is 25.1. The fourth-order valence-electron chi connectivity index (χ4n) is 8.01. The van der Waals surface area contributed by atoms with Crippen LogP contribution in [0.5, 0.6) is 5.75 Å². The fourth-order valence-corrected chi connectivity index (χ4v) is 9.59. The third kappa shape index (κ3) is 12.1. The molecule has 8 atom stereocenters. The molecule has 308 valence electrons. The van der Waals surface area contributed by atoms with Gasteiger partial charge in [-0.2, -0.15) is 0 Å². The van der Waals surface area contributed by atoms with Crippen molar-refractivity contribution in [3.8, 4) is 5.75 Å². The summed E-state index contributed by atoms with van der Waals surface area (Å²) < 4.78 is 5.91. The lowest BCUT2D eigenvalue weighted by molar-refractivity contribution is -0.146. The summed E-state index contributed by atoms with van der Waals surface area (Å²) in [4.78, 5) is 63.7. The van der Waals surface area contributed by atoms with E-state index in [9.17, 15) is 24.3 Å². The number of aromatic hydroxyl groups is 1. The predicted octanol–water partition coefficient (Wildman–Crippen LogP) is 6.28. The van der Waals surface area contributed by atoms with Gasteiger partial charge >= 0.3 is 0 Å². The summed E-state index contributed by atoms with van der Waals surface area (Å²) in [6, 6.07) is 5.14. The molecule has 1 aliphatic heterocycles. The number of anilines is 1. The third-order valence-corrected chi connectivity index (χ3v) is 12.6. The number of likely N-dealkylation sites (N-methyl/N-ethyl adjacent to an activating group) is 2. The minimum atomic E-state index is -0.749. The molecule has 2 N–H and O–H groups in total. The van der Waals surface area contributed by atoms with E-state index in [1.54, 1.807) is 53.9 Å². The summed E-state index contributed by atoms with van der Waals surface area (Å²) in [5.74, 6) is -1.07. The van der Waals surface area contributed by atoms with E-state index in [-0.39, 0.29) is 75.6 Å². The van der Waals surface area contributed by atoms with Crippen LogP contribution in [0.2, 0.25) is 0 Å². The number of nitrogens with one attached hydrogen (secondary N) is 1. The molecule has 0 saturated carbocycles. The number of amides is 4. The molecule has 12 heteroatoms. The number of thioether (sulfide) groups is 1. The topological polar surface area (TPSA) is 123 Å². The quantitative estimate of drug-likeness (QED) is 0.169. The molecule has 4 amide bonds. The lowest BCUT2D eigenvalue weighted by atomic mass is 9.89. The van der Waals surface area contributed by atoms with Gasteiger partial charge in [-0.05, 0) is 63.7 Å². The molecule has 1 heterocycles. The summed E-state index contributed by atoms with van der Waals surface area (Å²) in [7, 11) is 7.09. The highest BCUT2D eigenvalue weighted by atomic mass is 32.2. The largest absolute Gasteiger partial charge is 0.506 e. The Morgan fingerprint density at radius 1 is 0.981 bits per heavy atom. The van der Waals surface area contributed by atoms with Crippen LogP contribution in [0.3, 0.4) is 0 Å². The zero-order chi connectivity index (χ0) is 41.2. The van der Waals surface area contributed by atoms with Crippen molar-refractivity contribution in [2.24, 2.45) is 23.7 Å². The highest BCUT2D eigenvalue weighted by molar-refractivity contribution is 8.01. The Morgan fingerprint density at radius 2 is 1.59 bits per heavy atom. The molecule has 0 aromatic heterocycles. The second kappa shape index (κ2) is 20.9. The molecule has 11 nitrogen and oxygen atoms in total. The molecule has 0 aliphatic carbocycles. The van der Waals surface area contributed by atoms with Crippen LogP contribution in [0.15, 0.2) is 24.3 Å². The van der Waals surface area contributed by atoms with Gasteiger partial charge in [-0.3, -0.25) is 24.1 Å². The normalized spacial score (nSPS) is 18.9. The summed E-state index contributed by atoms with van der Waals surface area (Å²) in [6.07, 6.45) is 1.82. The van der Waals surface area contributed by atoms with Crippen molar-refractivity contribution in [3.05, 3.63) is 24.3 Å². The van der Waals surface area contributed by atoms with Crippen LogP contribution in [0.25, 0.3) is 0 Å². The highest BCUT2D eigenvalue weighted by Gasteiger charge is 2.45. The van der Waals surface area contributed by atoms with E-state index in [2.05, 4.69) is 39.9 Å². The molecule has 0 radical (unpaired) electrons. The van der Waals surface area contributed by atoms with Gasteiger partial charge in [0.05, 0.1) is 30.3 Å². The van der Waals surface area contributed by atoms with Crippen LogP contribution in [0, 0.1) is 23.7 Å². The second-order valence-electron chi connectivity index (χ2n) is 17.0. The van der Waals surface area contributed by atoms with Crippen molar-refractivity contribution in [2.45, 2.75) is 142 Å². The first-order valence-electron chi connectivity index (χ1n) is 20.0. The number of methoxy groups -OCH3 is 1. The maximum absolute atomic E-state index is 14.5. The van der Waals surface area contributed by atoms with E-state index in [1.165, 1.54) is 0 Å². The van der Waals surface area contributed by atoms with Gasteiger partial charge in [0.2, 0.25) is 23.6 Å². The zero-order valence-corrected chi connectivity index (χ0v) is 36.8. The van der Waals surface area contributed by atoms with Crippen molar-refractivity contribution in [2.75, 3.05) is 46.2 Å². The SMILES string of the molecule is CCC(C)C(C(CC(=O)N1CCCC1C(SC(C)(C)C)C(C)C(=O)N(CC)c1ccccc1O)OC)N(C)C(=O)C(NC(=O)C(C(C)C)N(C)C)C(C)C. The molecule has 1 saturated heterocycles.